The minimum atomic E-state index is -0.980. The predicted molar refractivity (Wildman–Crippen MR) is 163 cm³/mol. The van der Waals surface area contributed by atoms with Crippen molar-refractivity contribution in [1.82, 2.24) is 9.88 Å². The summed E-state index contributed by atoms with van der Waals surface area (Å²) in [5.74, 6) is -0.661. The number of imide groups is 1. The highest BCUT2D eigenvalue weighted by atomic mass is 16.5. The van der Waals surface area contributed by atoms with Gasteiger partial charge >= 0.3 is 7.12 Å². The van der Waals surface area contributed by atoms with E-state index in [0.717, 1.165) is 64.8 Å². The number of carbonyl (C=O) groups excluding carboxylic acids is 2. The van der Waals surface area contributed by atoms with Crippen molar-refractivity contribution in [2.75, 3.05) is 0 Å². The third kappa shape index (κ3) is 5.35. The molecular weight excluding hydrogens is 527 g/mol. The summed E-state index contributed by atoms with van der Waals surface area (Å²) in [6.45, 7) is 5.87. The van der Waals surface area contributed by atoms with Crippen molar-refractivity contribution in [3.8, 4) is 5.75 Å². The van der Waals surface area contributed by atoms with Gasteiger partial charge in [0.2, 0.25) is 11.8 Å². The first-order valence-electron chi connectivity index (χ1n) is 15.5. The number of likely N-dealkylation sites (tertiary alicyclic amines) is 1. The molecule has 42 heavy (non-hydrogen) atoms. The van der Waals surface area contributed by atoms with Crippen LogP contribution in [-0.2, 0) is 14.2 Å². The van der Waals surface area contributed by atoms with E-state index in [2.05, 4.69) is 18.0 Å². The topological polar surface area (TPSA) is 100.0 Å². The molecule has 0 bridgehead atoms. The third-order valence-electron chi connectivity index (χ3n) is 9.95. The number of nitrogens with zero attached hydrogens (tertiary/aromatic N) is 2. The molecule has 0 unspecified atom stereocenters. The van der Waals surface area contributed by atoms with Crippen molar-refractivity contribution in [2.24, 2.45) is 17.8 Å². The van der Waals surface area contributed by atoms with Crippen LogP contribution in [0.1, 0.15) is 80.7 Å². The van der Waals surface area contributed by atoms with E-state index in [4.69, 9.17) is 4.65 Å². The lowest BCUT2D eigenvalue weighted by atomic mass is 9.58. The molecule has 4 aliphatic rings. The van der Waals surface area contributed by atoms with Gasteiger partial charge in [-0.15, -0.1) is 0 Å². The van der Waals surface area contributed by atoms with E-state index in [-0.39, 0.29) is 35.8 Å². The highest BCUT2D eigenvalue weighted by molar-refractivity contribution is 6.43. The molecule has 7 nitrogen and oxygen atoms in total. The first-order valence-corrected chi connectivity index (χ1v) is 15.5. The Morgan fingerprint density at radius 3 is 2.50 bits per heavy atom. The average Bonchev–Trinajstić information content (AvgIpc) is 3.23. The molecule has 2 aromatic rings. The SMILES string of the molecule is CC1=C2[C@@H](CC/C(=C/c3cc(C)c(O)c(C)c3)c3ccccn3)OB(O)C[C@@H]2[C@@H]2C(=O)N(C3CCCCC3)C(=O)[C@@H]2C1. The van der Waals surface area contributed by atoms with E-state index in [9.17, 15) is 19.7 Å². The number of pyridine rings is 1. The summed E-state index contributed by atoms with van der Waals surface area (Å²) < 4.78 is 6.18. The molecule has 1 aromatic heterocycles. The minimum absolute atomic E-state index is 0.00677. The van der Waals surface area contributed by atoms with Gasteiger partial charge in [-0.25, -0.2) is 0 Å². The van der Waals surface area contributed by atoms with E-state index in [0.29, 0.717) is 31.3 Å². The summed E-state index contributed by atoms with van der Waals surface area (Å²) in [5.41, 5.74) is 6.74. The maximum absolute atomic E-state index is 13.9. The van der Waals surface area contributed by atoms with Crippen LogP contribution >= 0.6 is 0 Å². The molecule has 2 aliphatic carbocycles. The average molecular weight is 569 g/mol. The Morgan fingerprint density at radius 1 is 1.07 bits per heavy atom. The molecule has 220 valence electrons. The van der Waals surface area contributed by atoms with Gasteiger partial charge in [0.25, 0.3) is 0 Å². The van der Waals surface area contributed by atoms with Crippen molar-refractivity contribution in [1.29, 1.82) is 0 Å². The number of aromatic nitrogens is 1. The van der Waals surface area contributed by atoms with Crippen molar-refractivity contribution in [3.63, 3.8) is 0 Å². The number of amides is 2. The van der Waals surface area contributed by atoms with Crippen molar-refractivity contribution in [3.05, 3.63) is 70.1 Å². The van der Waals surface area contributed by atoms with Crippen LogP contribution in [0.5, 0.6) is 5.75 Å². The number of aryl methyl sites for hydroxylation is 2. The summed E-state index contributed by atoms with van der Waals surface area (Å²) in [5, 5.41) is 21.2. The molecule has 3 heterocycles. The standard InChI is InChI=1S/C34H41BN2O5/c1-20-17-26-31(34(40)37(33(26)39)25-9-5-4-6-10-25)27-19-35(41)42-29(30(20)27)13-12-24(28-11-7-8-14-36-28)18-23-15-21(2)32(38)22(3)16-23/h7-8,11,14-16,18,25-27,29,31,38,41H,4-6,9-10,12-13,17,19H2,1-3H3/b24-18-/t26-,27+,29-,31-/m1/s1. The third-order valence-corrected chi connectivity index (χ3v) is 9.95. The molecule has 3 fully saturated rings. The van der Waals surface area contributed by atoms with E-state index in [1.54, 1.807) is 11.1 Å². The van der Waals surface area contributed by atoms with E-state index in [1.165, 1.54) is 6.42 Å². The Balaban J connectivity index is 1.28. The van der Waals surface area contributed by atoms with Crippen LogP contribution in [0.3, 0.4) is 0 Å². The molecule has 1 aromatic carbocycles. The fraction of sp³-hybridized carbons (Fsp3) is 0.500. The normalized spacial score (nSPS) is 27.0. The first kappa shape index (κ1) is 28.9. The zero-order chi connectivity index (χ0) is 29.5. The number of hydrogen-bond donors (Lipinski definition) is 2. The summed E-state index contributed by atoms with van der Waals surface area (Å²) in [6.07, 6.45) is 10.8. The monoisotopic (exact) mass is 568 g/mol. The zero-order valence-corrected chi connectivity index (χ0v) is 24.9. The second-order valence-electron chi connectivity index (χ2n) is 12.8. The molecule has 2 amide bonds. The number of fused-ring (bicyclic) bond motifs is 3. The van der Waals surface area contributed by atoms with Crippen LogP contribution in [0.4, 0.5) is 0 Å². The van der Waals surface area contributed by atoms with Gasteiger partial charge in [0.15, 0.2) is 0 Å². The molecule has 6 rings (SSSR count). The van der Waals surface area contributed by atoms with Crippen molar-refractivity contribution < 1.29 is 24.4 Å². The van der Waals surface area contributed by atoms with Gasteiger partial charge in [0, 0.05) is 12.2 Å². The van der Waals surface area contributed by atoms with Gasteiger partial charge in [-0.2, -0.15) is 0 Å². The number of rotatable bonds is 6. The molecule has 4 atom stereocenters. The lowest BCUT2D eigenvalue weighted by Crippen LogP contribution is -2.46. The Morgan fingerprint density at radius 2 is 1.81 bits per heavy atom. The predicted octanol–water partition coefficient (Wildman–Crippen LogP) is 5.87. The number of aromatic hydroxyl groups is 1. The van der Waals surface area contributed by atoms with Gasteiger partial charge in [0.05, 0.1) is 23.6 Å². The number of phenols is 1. The first-order chi connectivity index (χ1) is 20.2. The zero-order valence-electron chi connectivity index (χ0n) is 24.9. The Hall–Kier alpha value is -3.23. The summed E-state index contributed by atoms with van der Waals surface area (Å²) in [6, 6.07) is 9.81. The van der Waals surface area contributed by atoms with E-state index in [1.807, 2.05) is 44.2 Å². The van der Waals surface area contributed by atoms with Crippen LogP contribution in [-0.4, -0.2) is 51.1 Å². The maximum Gasteiger partial charge on any atom is 0.455 e. The lowest BCUT2D eigenvalue weighted by molar-refractivity contribution is -0.143. The fourth-order valence-electron chi connectivity index (χ4n) is 8.03. The van der Waals surface area contributed by atoms with Crippen LogP contribution < -0.4 is 0 Å². The molecule has 2 saturated heterocycles. The maximum atomic E-state index is 13.9. The Bertz CT molecular complexity index is 1410. The molecule has 1 saturated carbocycles. The quantitative estimate of drug-likeness (QED) is 0.257. The molecular formula is C34H41BN2O5. The molecule has 0 radical (unpaired) electrons. The van der Waals surface area contributed by atoms with Gasteiger partial charge in [0.1, 0.15) is 5.75 Å². The minimum Gasteiger partial charge on any atom is -0.507 e. The van der Waals surface area contributed by atoms with Crippen molar-refractivity contribution in [2.45, 2.75) is 90.6 Å². The second kappa shape index (κ2) is 11.8. The number of phenolic OH excluding ortho intramolecular Hbond substituents is 1. The van der Waals surface area contributed by atoms with E-state index < -0.39 is 13.0 Å². The molecule has 0 spiro atoms. The lowest BCUT2D eigenvalue weighted by Gasteiger charge is -2.42. The number of hydrogen-bond acceptors (Lipinski definition) is 6. The molecule has 2 N–H and O–H groups in total. The van der Waals surface area contributed by atoms with Gasteiger partial charge < -0.3 is 14.8 Å². The smallest absolute Gasteiger partial charge is 0.455 e. The summed E-state index contributed by atoms with van der Waals surface area (Å²) >= 11 is 0. The molecule has 8 heteroatoms. The van der Waals surface area contributed by atoms with Crippen LogP contribution in [0.2, 0.25) is 6.32 Å². The van der Waals surface area contributed by atoms with Crippen LogP contribution in [0.25, 0.3) is 11.6 Å². The number of benzene rings is 1. The van der Waals surface area contributed by atoms with Gasteiger partial charge in [-0.1, -0.05) is 30.9 Å². The second-order valence-corrected chi connectivity index (χ2v) is 12.8. The van der Waals surface area contributed by atoms with E-state index >= 15 is 0 Å². The van der Waals surface area contributed by atoms with Crippen molar-refractivity contribution >= 4 is 30.6 Å². The summed E-state index contributed by atoms with van der Waals surface area (Å²) in [7, 11) is -0.980. The Kier molecular flexibility index (Phi) is 8.12. The van der Waals surface area contributed by atoms with Gasteiger partial charge in [-0.3, -0.25) is 19.5 Å². The largest absolute Gasteiger partial charge is 0.507 e. The van der Waals surface area contributed by atoms with Gasteiger partial charge in [-0.05, 0) is 123 Å². The summed E-state index contributed by atoms with van der Waals surface area (Å²) in [4.78, 5) is 33.7. The van der Waals surface area contributed by atoms with Crippen LogP contribution in [0, 0.1) is 31.6 Å². The highest BCUT2D eigenvalue weighted by Gasteiger charge is 2.58. The highest BCUT2D eigenvalue weighted by Crippen LogP contribution is 2.51. The number of carbonyl (C=O) groups is 2. The van der Waals surface area contributed by atoms with Crippen LogP contribution in [0.15, 0.2) is 47.7 Å². The molecule has 2 aliphatic heterocycles. The fourth-order valence-corrected chi connectivity index (χ4v) is 8.03. The Labute approximate surface area is 248 Å². The number of allylic oxidation sites excluding steroid dienone is 2.